The van der Waals surface area contributed by atoms with Crippen molar-refractivity contribution in [2.75, 3.05) is 60.6 Å². The third kappa shape index (κ3) is 3.27. The van der Waals surface area contributed by atoms with Crippen molar-refractivity contribution in [2.24, 2.45) is 5.92 Å². The van der Waals surface area contributed by atoms with E-state index in [1.807, 2.05) is 0 Å². The van der Waals surface area contributed by atoms with Crippen LogP contribution in [0.25, 0.3) is 0 Å². The summed E-state index contributed by atoms with van der Waals surface area (Å²) in [4.78, 5) is 21.2. The van der Waals surface area contributed by atoms with Gasteiger partial charge in [0.25, 0.3) is 0 Å². The van der Waals surface area contributed by atoms with Gasteiger partial charge < -0.3 is 19.8 Å². The van der Waals surface area contributed by atoms with Crippen LogP contribution in [-0.4, -0.2) is 65.9 Å². The summed E-state index contributed by atoms with van der Waals surface area (Å²) in [5.74, 6) is 2.81. The number of hydrogen-bond acceptors (Lipinski definition) is 7. The third-order valence-corrected chi connectivity index (χ3v) is 5.44. The highest BCUT2D eigenvalue weighted by Gasteiger charge is 2.26. The smallest absolute Gasteiger partial charge is 0.231 e. The maximum atomic E-state index is 9.51. The summed E-state index contributed by atoms with van der Waals surface area (Å²) in [6, 6.07) is 0. The van der Waals surface area contributed by atoms with E-state index in [0.717, 1.165) is 70.0 Å². The predicted molar refractivity (Wildman–Crippen MR) is 94.7 cm³/mol. The van der Waals surface area contributed by atoms with Crippen LogP contribution >= 0.6 is 0 Å². The van der Waals surface area contributed by atoms with Crippen LogP contribution in [-0.2, 0) is 0 Å². The highest BCUT2D eigenvalue weighted by Crippen LogP contribution is 2.26. The van der Waals surface area contributed by atoms with E-state index in [2.05, 4.69) is 14.7 Å². The summed E-state index contributed by atoms with van der Waals surface area (Å²) < 4.78 is 0. The maximum Gasteiger partial charge on any atom is 0.231 e. The lowest BCUT2D eigenvalue weighted by Gasteiger charge is -2.32. The van der Waals surface area contributed by atoms with E-state index in [0.29, 0.717) is 5.92 Å². The van der Waals surface area contributed by atoms with Gasteiger partial charge in [0.1, 0.15) is 0 Å². The van der Waals surface area contributed by atoms with Gasteiger partial charge in [-0.1, -0.05) is 0 Å². The third-order valence-electron chi connectivity index (χ3n) is 5.44. The molecule has 1 aromatic rings. The first kappa shape index (κ1) is 15.9. The number of nitrogens with zero attached hydrogens (tertiary/aromatic N) is 6. The Morgan fingerprint density at radius 2 is 1.17 bits per heavy atom. The van der Waals surface area contributed by atoms with E-state index in [9.17, 15) is 5.11 Å². The number of aliphatic hydroxyl groups is 1. The Balaban J connectivity index is 1.63. The molecule has 4 rings (SSSR count). The van der Waals surface area contributed by atoms with Gasteiger partial charge in [0.2, 0.25) is 17.8 Å². The normalized spacial score (nSPS) is 24.9. The highest BCUT2D eigenvalue weighted by molar-refractivity contribution is 5.47. The monoisotopic (exact) mass is 332 g/mol. The molecule has 1 N–H and O–H groups in total. The molecule has 7 nitrogen and oxygen atoms in total. The number of hydrogen-bond donors (Lipinski definition) is 1. The Labute approximate surface area is 143 Å². The zero-order valence-corrected chi connectivity index (χ0v) is 14.4. The molecule has 3 saturated heterocycles. The molecule has 4 heterocycles. The standard InChI is InChI=1S/C17H28N6O/c24-13-14-6-5-11-23(12-14)17-19-15(21-7-1-2-8-21)18-16(20-17)22-9-3-4-10-22/h14,24H,1-13H2/t14-/m0/s1. The number of anilines is 3. The van der Waals surface area contributed by atoms with Gasteiger partial charge in [-0.2, -0.15) is 15.0 Å². The van der Waals surface area contributed by atoms with Crippen molar-refractivity contribution in [3.8, 4) is 0 Å². The van der Waals surface area contributed by atoms with Crippen LogP contribution in [0, 0.1) is 5.92 Å². The van der Waals surface area contributed by atoms with Crippen molar-refractivity contribution in [3.63, 3.8) is 0 Å². The lowest BCUT2D eigenvalue weighted by molar-refractivity contribution is 0.208. The number of piperidine rings is 1. The molecule has 0 amide bonds. The molecule has 0 unspecified atom stereocenters. The van der Waals surface area contributed by atoms with Crippen molar-refractivity contribution in [1.29, 1.82) is 0 Å². The highest BCUT2D eigenvalue weighted by atomic mass is 16.3. The zero-order valence-electron chi connectivity index (χ0n) is 14.4. The molecule has 3 fully saturated rings. The maximum absolute atomic E-state index is 9.51. The summed E-state index contributed by atoms with van der Waals surface area (Å²) >= 11 is 0. The molecule has 0 saturated carbocycles. The van der Waals surface area contributed by atoms with Gasteiger partial charge in [-0.3, -0.25) is 0 Å². The Bertz CT molecular complexity index is 522. The van der Waals surface area contributed by atoms with Gasteiger partial charge in [-0.15, -0.1) is 0 Å². The fraction of sp³-hybridized carbons (Fsp3) is 0.824. The number of aliphatic hydroxyl groups excluding tert-OH is 1. The molecule has 1 atom stereocenters. The Kier molecular flexibility index (Phi) is 4.69. The van der Waals surface area contributed by atoms with Crippen LogP contribution in [0.1, 0.15) is 38.5 Å². The van der Waals surface area contributed by atoms with Crippen LogP contribution in [0.5, 0.6) is 0 Å². The second kappa shape index (κ2) is 7.09. The molecule has 132 valence electrons. The molecular formula is C17H28N6O. The first-order chi connectivity index (χ1) is 11.8. The minimum absolute atomic E-state index is 0.250. The van der Waals surface area contributed by atoms with Crippen molar-refractivity contribution >= 4 is 17.8 Å². The van der Waals surface area contributed by atoms with Crippen molar-refractivity contribution in [1.82, 2.24) is 15.0 Å². The molecule has 1 aromatic heterocycles. The minimum atomic E-state index is 0.250. The van der Waals surface area contributed by atoms with Crippen LogP contribution in [0.15, 0.2) is 0 Å². The van der Waals surface area contributed by atoms with Gasteiger partial charge >= 0.3 is 0 Å². The first-order valence-electron chi connectivity index (χ1n) is 9.45. The number of aromatic nitrogens is 3. The Morgan fingerprint density at radius 1 is 0.708 bits per heavy atom. The van der Waals surface area contributed by atoms with Crippen LogP contribution in [0.2, 0.25) is 0 Å². The molecule has 0 aromatic carbocycles. The van der Waals surface area contributed by atoms with Crippen molar-refractivity contribution < 1.29 is 5.11 Å². The van der Waals surface area contributed by atoms with E-state index in [1.54, 1.807) is 0 Å². The molecule has 3 aliphatic rings. The van der Waals surface area contributed by atoms with Gasteiger partial charge in [-0.25, -0.2) is 0 Å². The summed E-state index contributed by atoms with van der Waals surface area (Å²) in [6.45, 7) is 6.24. The summed E-state index contributed by atoms with van der Waals surface area (Å²) in [7, 11) is 0. The fourth-order valence-electron chi connectivity index (χ4n) is 4.00. The van der Waals surface area contributed by atoms with Gasteiger partial charge in [0.15, 0.2) is 0 Å². The molecule has 0 spiro atoms. The average molecular weight is 332 g/mol. The van der Waals surface area contributed by atoms with Crippen molar-refractivity contribution in [2.45, 2.75) is 38.5 Å². The molecular weight excluding hydrogens is 304 g/mol. The van der Waals surface area contributed by atoms with E-state index in [-0.39, 0.29) is 6.61 Å². The fourth-order valence-corrected chi connectivity index (χ4v) is 4.00. The van der Waals surface area contributed by atoms with Crippen LogP contribution < -0.4 is 14.7 Å². The molecule has 0 radical (unpaired) electrons. The summed E-state index contributed by atoms with van der Waals surface area (Å²) in [5, 5.41) is 9.51. The van der Waals surface area contributed by atoms with E-state index in [4.69, 9.17) is 15.0 Å². The van der Waals surface area contributed by atoms with Gasteiger partial charge in [0.05, 0.1) is 0 Å². The molecule has 0 aliphatic carbocycles. The SMILES string of the molecule is OC[C@H]1CCCN(c2nc(N3CCCC3)nc(N3CCCC3)n2)C1. The Hall–Kier alpha value is -1.63. The minimum Gasteiger partial charge on any atom is -0.396 e. The topological polar surface area (TPSA) is 68.6 Å². The van der Waals surface area contributed by atoms with E-state index < -0.39 is 0 Å². The lowest BCUT2D eigenvalue weighted by atomic mass is 9.99. The van der Waals surface area contributed by atoms with Crippen LogP contribution in [0.4, 0.5) is 17.8 Å². The average Bonchev–Trinajstić information content (AvgIpc) is 3.35. The first-order valence-corrected chi connectivity index (χ1v) is 9.45. The number of rotatable bonds is 4. The lowest BCUT2D eigenvalue weighted by Crippen LogP contribution is -2.38. The molecule has 24 heavy (non-hydrogen) atoms. The largest absolute Gasteiger partial charge is 0.396 e. The zero-order chi connectivity index (χ0) is 16.4. The van der Waals surface area contributed by atoms with Crippen LogP contribution in [0.3, 0.4) is 0 Å². The quantitative estimate of drug-likeness (QED) is 0.891. The molecule has 3 aliphatic heterocycles. The molecule has 7 heteroatoms. The van der Waals surface area contributed by atoms with E-state index in [1.165, 1.54) is 25.7 Å². The molecule has 0 bridgehead atoms. The summed E-state index contributed by atoms with van der Waals surface area (Å²) in [5.41, 5.74) is 0. The summed E-state index contributed by atoms with van der Waals surface area (Å²) in [6.07, 6.45) is 7.06. The predicted octanol–water partition coefficient (Wildman–Crippen LogP) is 1.28. The van der Waals surface area contributed by atoms with Gasteiger partial charge in [0, 0.05) is 45.9 Å². The van der Waals surface area contributed by atoms with Gasteiger partial charge in [-0.05, 0) is 44.4 Å². The van der Waals surface area contributed by atoms with Crippen molar-refractivity contribution in [3.05, 3.63) is 0 Å². The second-order valence-electron chi connectivity index (χ2n) is 7.26. The second-order valence-corrected chi connectivity index (χ2v) is 7.26. The van der Waals surface area contributed by atoms with E-state index >= 15 is 0 Å². The Morgan fingerprint density at radius 3 is 1.67 bits per heavy atom.